The topological polar surface area (TPSA) is 55.4 Å². The summed E-state index contributed by atoms with van der Waals surface area (Å²) >= 11 is 1.40. The molecule has 0 spiro atoms. The highest BCUT2D eigenvalue weighted by molar-refractivity contribution is 8.00. The fourth-order valence-corrected chi connectivity index (χ4v) is 2.71. The third kappa shape index (κ3) is 5.45. The zero-order valence-corrected chi connectivity index (χ0v) is 13.9. The minimum atomic E-state index is -0.846. The molecular weight excluding hydrogens is 310 g/mol. The maximum absolute atomic E-state index is 12.1. The van der Waals surface area contributed by atoms with E-state index in [1.807, 2.05) is 48.5 Å². The molecule has 120 valence electrons. The second kappa shape index (κ2) is 8.39. The number of nitrogens with one attached hydrogen (secondary N) is 1. The van der Waals surface area contributed by atoms with Gasteiger partial charge in [0, 0.05) is 10.6 Å². The number of carbonyl (C=O) groups excluding carboxylic acids is 2. The number of ether oxygens (including phenoxy) is 1. The molecule has 0 aliphatic heterocycles. The second-order valence-electron chi connectivity index (χ2n) is 5.01. The zero-order valence-electron chi connectivity index (χ0n) is 13.1. The number of thioether (sulfide) groups is 1. The summed E-state index contributed by atoms with van der Waals surface area (Å²) in [6.07, 6.45) is -0.846. The Morgan fingerprint density at radius 2 is 1.52 bits per heavy atom. The molecule has 2 aromatic rings. The van der Waals surface area contributed by atoms with Gasteiger partial charge in [-0.05, 0) is 38.1 Å². The number of para-hydroxylation sites is 1. The molecule has 0 aromatic heterocycles. The van der Waals surface area contributed by atoms with Crippen molar-refractivity contribution in [3.8, 4) is 0 Å². The molecule has 2 rings (SSSR count). The molecule has 0 saturated carbocycles. The summed E-state index contributed by atoms with van der Waals surface area (Å²) < 4.78 is 5.25. The van der Waals surface area contributed by atoms with Crippen LogP contribution in [0, 0.1) is 0 Å². The molecule has 23 heavy (non-hydrogen) atoms. The minimum absolute atomic E-state index is 0.346. The first-order valence-electron chi connectivity index (χ1n) is 7.34. The molecule has 0 saturated heterocycles. The van der Waals surface area contributed by atoms with Crippen LogP contribution in [-0.4, -0.2) is 23.2 Å². The lowest BCUT2D eigenvalue weighted by atomic mass is 10.3. The van der Waals surface area contributed by atoms with E-state index in [0.717, 1.165) is 4.90 Å². The van der Waals surface area contributed by atoms with Crippen LogP contribution < -0.4 is 5.32 Å². The lowest BCUT2D eigenvalue weighted by Gasteiger charge is -2.16. The average molecular weight is 329 g/mol. The number of esters is 1. The Morgan fingerprint density at radius 1 is 0.957 bits per heavy atom. The van der Waals surface area contributed by atoms with E-state index in [4.69, 9.17) is 4.74 Å². The first-order chi connectivity index (χ1) is 11.1. The van der Waals surface area contributed by atoms with Crippen molar-refractivity contribution in [2.75, 3.05) is 5.32 Å². The minimum Gasteiger partial charge on any atom is -0.452 e. The highest BCUT2D eigenvalue weighted by Gasteiger charge is 2.22. The van der Waals surface area contributed by atoms with Crippen LogP contribution in [0.5, 0.6) is 0 Å². The third-order valence-electron chi connectivity index (χ3n) is 3.09. The highest BCUT2D eigenvalue weighted by atomic mass is 32.2. The zero-order chi connectivity index (χ0) is 16.7. The Balaban J connectivity index is 1.85. The molecule has 5 heteroatoms. The average Bonchev–Trinajstić information content (AvgIpc) is 2.56. The third-order valence-corrected chi connectivity index (χ3v) is 4.18. The SMILES string of the molecule is C[C@@H](OC(=O)[C@@H](C)Sc1ccccc1)C(=O)Nc1ccccc1. The van der Waals surface area contributed by atoms with Gasteiger partial charge in [0.05, 0.1) is 0 Å². The van der Waals surface area contributed by atoms with Gasteiger partial charge in [-0.3, -0.25) is 9.59 Å². The van der Waals surface area contributed by atoms with Crippen molar-refractivity contribution in [3.63, 3.8) is 0 Å². The van der Waals surface area contributed by atoms with Gasteiger partial charge >= 0.3 is 5.97 Å². The van der Waals surface area contributed by atoms with Gasteiger partial charge in [0.1, 0.15) is 5.25 Å². The molecule has 0 unspecified atom stereocenters. The van der Waals surface area contributed by atoms with E-state index in [1.54, 1.807) is 26.0 Å². The first kappa shape index (κ1) is 17.1. The monoisotopic (exact) mass is 329 g/mol. The number of carbonyl (C=O) groups is 2. The van der Waals surface area contributed by atoms with Crippen molar-refractivity contribution in [2.45, 2.75) is 30.1 Å². The van der Waals surface area contributed by atoms with Crippen LogP contribution in [-0.2, 0) is 14.3 Å². The van der Waals surface area contributed by atoms with Crippen LogP contribution in [0.2, 0.25) is 0 Å². The molecule has 0 fully saturated rings. The molecule has 0 aliphatic rings. The number of amides is 1. The molecule has 4 nitrogen and oxygen atoms in total. The van der Waals surface area contributed by atoms with Gasteiger partial charge in [-0.25, -0.2) is 0 Å². The number of anilines is 1. The van der Waals surface area contributed by atoms with Crippen LogP contribution in [0.15, 0.2) is 65.6 Å². The Morgan fingerprint density at radius 3 is 2.13 bits per heavy atom. The summed E-state index contributed by atoms with van der Waals surface area (Å²) in [5.41, 5.74) is 0.673. The van der Waals surface area contributed by atoms with Crippen molar-refractivity contribution in [2.24, 2.45) is 0 Å². The lowest BCUT2D eigenvalue weighted by molar-refractivity contribution is -0.152. The summed E-state index contributed by atoms with van der Waals surface area (Å²) in [5, 5.41) is 2.33. The van der Waals surface area contributed by atoms with Gasteiger partial charge in [-0.15, -0.1) is 11.8 Å². The summed E-state index contributed by atoms with van der Waals surface area (Å²) in [6, 6.07) is 18.7. The Bertz CT molecular complexity index is 646. The molecule has 2 aromatic carbocycles. The van der Waals surface area contributed by atoms with E-state index in [-0.39, 0.29) is 11.2 Å². The van der Waals surface area contributed by atoms with Crippen LogP contribution >= 0.6 is 11.8 Å². The molecule has 1 N–H and O–H groups in total. The smallest absolute Gasteiger partial charge is 0.319 e. The Kier molecular flexibility index (Phi) is 6.23. The van der Waals surface area contributed by atoms with Gasteiger partial charge in [0.2, 0.25) is 0 Å². The normalized spacial score (nSPS) is 13.0. The lowest BCUT2D eigenvalue weighted by Crippen LogP contribution is -2.32. The molecular formula is C18H19NO3S. The van der Waals surface area contributed by atoms with E-state index in [9.17, 15) is 9.59 Å². The molecule has 1 amide bonds. The number of hydrogen-bond donors (Lipinski definition) is 1. The first-order valence-corrected chi connectivity index (χ1v) is 8.22. The van der Waals surface area contributed by atoms with Crippen LogP contribution in [0.1, 0.15) is 13.8 Å². The van der Waals surface area contributed by atoms with E-state index < -0.39 is 12.1 Å². The largest absolute Gasteiger partial charge is 0.452 e. The molecule has 0 radical (unpaired) electrons. The van der Waals surface area contributed by atoms with Crippen molar-refractivity contribution in [1.82, 2.24) is 0 Å². The van der Waals surface area contributed by atoms with Gasteiger partial charge < -0.3 is 10.1 Å². The van der Waals surface area contributed by atoms with Crippen molar-refractivity contribution >= 4 is 29.3 Å². The number of hydrogen-bond acceptors (Lipinski definition) is 4. The van der Waals surface area contributed by atoms with Gasteiger partial charge in [-0.1, -0.05) is 36.4 Å². The number of rotatable bonds is 6. The van der Waals surface area contributed by atoms with E-state index >= 15 is 0 Å². The maximum Gasteiger partial charge on any atom is 0.319 e. The van der Waals surface area contributed by atoms with Crippen LogP contribution in [0.25, 0.3) is 0 Å². The van der Waals surface area contributed by atoms with Gasteiger partial charge in [-0.2, -0.15) is 0 Å². The maximum atomic E-state index is 12.1. The van der Waals surface area contributed by atoms with Crippen molar-refractivity contribution in [1.29, 1.82) is 0 Å². The summed E-state index contributed by atoms with van der Waals surface area (Å²) in [4.78, 5) is 25.1. The second-order valence-corrected chi connectivity index (χ2v) is 6.42. The molecule has 0 aliphatic carbocycles. The molecule has 0 bridgehead atoms. The summed E-state index contributed by atoms with van der Waals surface area (Å²) in [5.74, 6) is -0.754. The van der Waals surface area contributed by atoms with E-state index in [2.05, 4.69) is 5.32 Å². The summed E-state index contributed by atoms with van der Waals surface area (Å²) in [7, 11) is 0. The highest BCUT2D eigenvalue weighted by Crippen LogP contribution is 2.23. The van der Waals surface area contributed by atoms with Crippen LogP contribution in [0.4, 0.5) is 5.69 Å². The molecule has 0 heterocycles. The fourth-order valence-electron chi connectivity index (χ4n) is 1.84. The Labute approximate surface area is 140 Å². The van der Waals surface area contributed by atoms with Gasteiger partial charge in [0.25, 0.3) is 5.91 Å². The van der Waals surface area contributed by atoms with Crippen LogP contribution in [0.3, 0.4) is 0 Å². The standard InChI is InChI=1S/C18H19NO3S/c1-13(17(20)19-15-9-5-3-6-10-15)22-18(21)14(2)23-16-11-7-4-8-12-16/h3-14H,1-2H3,(H,19,20)/t13-,14-/m1/s1. The quantitative estimate of drug-likeness (QED) is 0.648. The molecule has 2 atom stereocenters. The predicted octanol–water partition coefficient (Wildman–Crippen LogP) is 3.74. The van der Waals surface area contributed by atoms with E-state index in [0.29, 0.717) is 5.69 Å². The van der Waals surface area contributed by atoms with Crippen molar-refractivity contribution < 1.29 is 14.3 Å². The Hall–Kier alpha value is -2.27. The predicted molar refractivity (Wildman–Crippen MR) is 92.4 cm³/mol. The fraction of sp³-hybridized carbons (Fsp3) is 0.222. The van der Waals surface area contributed by atoms with Crippen molar-refractivity contribution in [3.05, 3.63) is 60.7 Å². The van der Waals surface area contributed by atoms with Gasteiger partial charge in [0.15, 0.2) is 6.10 Å². The summed E-state index contributed by atoms with van der Waals surface area (Å²) in [6.45, 7) is 3.33. The number of benzene rings is 2. The van der Waals surface area contributed by atoms with E-state index in [1.165, 1.54) is 11.8 Å².